The zero-order valence-electron chi connectivity index (χ0n) is 14.6. The number of ether oxygens (including phenoxy) is 3. The molecule has 0 aliphatic rings. The van der Waals surface area contributed by atoms with Crippen LogP contribution in [0.1, 0.15) is 11.1 Å². The van der Waals surface area contributed by atoms with Gasteiger partial charge in [-0.1, -0.05) is 35.3 Å². The summed E-state index contributed by atoms with van der Waals surface area (Å²) in [6.07, 6.45) is 3.01. The molecule has 26 heavy (non-hydrogen) atoms. The fourth-order valence-electron chi connectivity index (χ4n) is 2.30. The Bertz CT molecular complexity index is 796. The number of halogens is 2. The minimum Gasteiger partial charge on any atom is -0.493 e. The molecule has 1 amide bonds. The van der Waals surface area contributed by atoms with Crippen molar-refractivity contribution in [3.63, 3.8) is 0 Å². The van der Waals surface area contributed by atoms with Gasteiger partial charge in [0.05, 0.1) is 31.4 Å². The van der Waals surface area contributed by atoms with Gasteiger partial charge >= 0.3 is 0 Å². The molecule has 138 valence electrons. The fraction of sp³-hybridized carbons (Fsp3) is 0.211. The van der Waals surface area contributed by atoms with Crippen LogP contribution >= 0.6 is 23.2 Å². The molecular weight excluding hydrogens is 377 g/mol. The molecule has 2 aromatic carbocycles. The molecule has 2 rings (SSSR count). The molecule has 0 bridgehead atoms. The van der Waals surface area contributed by atoms with Gasteiger partial charge in [0.1, 0.15) is 0 Å². The minimum atomic E-state index is -0.269. The minimum absolute atomic E-state index is 0.269. The topological polar surface area (TPSA) is 56.8 Å². The summed E-state index contributed by atoms with van der Waals surface area (Å²) in [6.45, 7) is 0.295. The van der Waals surface area contributed by atoms with E-state index in [-0.39, 0.29) is 5.91 Å². The first-order valence-corrected chi connectivity index (χ1v) is 8.44. The molecule has 0 aliphatic carbocycles. The van der Waals surface area contributed by atoms with E-state index in [2.05, 4.69) is 5.32 Å². The van der Waals surface area contributed by atoms with Gasteiger partial charge in [0.25, 0.3) is 0 Å². The molecule has 0 saturated carbocycles. The van der Waals surface area contributed by atoms with Crippen molar-refractivity contribution in [3.8, 4) is 17.2 Å². The normalized spacial score (nSPS) is 10.7. The lowest BCUT2D eigenvalue weighted by molar-refractivity contribution is -0.116. The van der Waals surface area contributed by atoms with Gasteiger partial charge in [-0.3, -0.25) is 4.79 Å². The maximum atomic E-state index is 12.1. The molecule has 2 aromatic rings. The summed E-state index contributed by atoms with van der Waals surface area (Å²) in [5.74, 6) is 1.28. The van der Waals surface area contributed by atoms with Crippen LogP contribution < -0.4 is 19.5 Å². The molecular formula is C19H19Cl2NO4. The Morgan fingerprint density at radius 3 is 2.31 bits per heavy atom. The molecule has 1 N–H and O–H groups in total. The Morgan fingerprint density at radius 2 is 1.73 bits per heavy atom. The molecule has 5 nitrogen and oxygen atoms in total. The number of amides is 1. The van der Waals surface area contributed by atoms with Gasteiger partial charge in [-0.2, -0.15) is 0 Å². The monoisotopic (exact) mass is 395 g/mol. The average Bonchev–Trinajstić information content (AvgIpc) is 2.66. The van der Waals surface area contributed by atoms with Crippen molar-refractivity contribution in [1.82, 2.24) is 5.32 Å². The van der Waals surface area contributed by atoms with E-state index in [9.17, 15) is 4.79 Å². The third kappa shape index (κ3) is 4.84. The van der Waals surface area contributed by atoms with Crippen molar-refractivity contribution in [1.29, 1.82) is 0 Å². The van der Waals surface area contributed by atoms with Gasteiger partial charge in [-0.15, -0.1) is 0 Å². The van der Waals surface area contributed by atoms with Crippen LogP contribution in [0.3, 0.4) is 0 Å². The summed E-state index contributed by atoms with van der Waals surface area (Å²) in [5.41, 5.74) is 1.48. The molecule has 0 radical (unpaired) electrons. The van der Waals surface area contributed by atoms with Crippen LogP contribution in [0.25, 0.3) is 6.08 Å². The highest BCUT2D eigenvalue weighted by atomic mass is 35.5. The number of carbonyl (C=O) groups is 1. The standard InChI is InChI=1S/C19H19Cl2NO4/c1-24-15-9-12(10-16(25-2)19(15)26-3)11-22-17(23)8-7-13-5-4-6-14(20)18(13)21/h4-10H,11H2,1-3H3,(H,22,23)/b8-7+. The van der Waals surface area contributed by atoms with Crippen molar-refractivity contribution >= 4 is 35.2 Å². The quantitative estimate of drug-likeness (QED) is 0.708. The molecule has 0 fully saturated rings. The van der Waals surface area contributed by atoms with E-state index in [1.165, 1.54) is 27.4 Å². The number of carbonyl (C=O) groups excluding carboxylic acids is 1. The Kier molecular flexibility index (Phi) is 7.18. The third-order valence-corrected chi connectivity index (χ3v) is 4.42. The molecule has 0 aromatic heterocycles. The van der Waals surface area contributed by atoms with Gasteiger partial charge in [-0.05, 0) is 35.4 Å². The van der Waals surface area contributed by atoms with Crippen molar-refractivity contribution in [2.45, 2.75) is 6.54 Å². The van der Waals surface area contributed by atoms with Crippen LogP contribution in [0, 0.1) is 0 Å². The van der Waals surface area contributed by atoms with Gasteiger partial charge in [-0.25, -0.2) is 0 Å². The van der Waals surface area contributed by atoms with Crippen LogP contribution in [-0.2, 0) is 11.3 Å². The largest absolute Gasteiger partial charge is 0.493 e. The van der Waals surface area contributed by atoms with Gasteiger partial charge < -0.3 is 19.5 Å². The number of benzene rings is 2. The average molecular weight is 396 g/mol. The lowest BCUT2D eigenvalue weighted by Crippen LogP contribution is -2.20. The lowest BCUT2D eigenvalue weighted by Gasteiger charge is -2.14. The SMILES string of the molecule is COc1cc(CNC(=O)/C=C/c2cccc(Cl)c2Cl)cc(OC)c1OC. The highest BCUT2D eigenvalue weighted by Crippen LogP contribution is 2.38. The van der Waals surface area contributed by atoms with Crippen molar-refractivity contribution in [2.24, 2.45) is 0 Å². The summed E-state index contributed by atoms with van der Waals surface area (Å²) in [5, 5.41) is 3.63. The predicted molar refractivity (Wildman–Crippen MR) is 103 cm³/mol. The molecule has 0 aliphatic heterocycles. The molecule has 0 saturated heterocycles. The van der Waals surface area contributed by atoms with Crippen LogP contribution in [-0.4, -0.2) is 27.2 Å². The molecule has 0 heterocycles. The van der Waals surface area contributed by atoms with E-state index in [0.29, 0.717) is 39.4 Å². The smallest absolute Gasteiger partial charge is 0.244 e. The van der Waals surface area contributed by atoms with Gasteiger partial charge in [0, 0.05) is 12.6 Å². The van der Waals surface area contributed by atoms with Crippen LogP contribution in [0.2, 0.25) is 10.0 Å². The Labute approximate surface area is 162 Å². The first kappa shape index (κ1) is 19.9. The fourth-order valence-corrected chi connectivity index (χ4v) is 2.67. The third-order valence-electron chi connectivity index (χ3n) is 3.59. The summed E-state index contributed by atoms with van der Waals surface area (Å²) >= 11 is 12.0. The molecule has 7 heteroatoms. The van der Waals surface area contributed by atoms with E-state index in [1.54, 1.807) is 36.4 Å². The Hall–Kier alpha value is -2.37. The maximum absolute atomic E-state index is 12.1. The van der Waals surface area contributed by atoms with E-state index < -0.39 is 0 Å². The zero-order valence-corrected chi connectivity index (χ0v) is 16.1. The second-order valence-electron chi connectivity index (χ2n) is 5.23. The lowest BCUT2D eigenvalue weighted by atomic mass is 10.1. The van der Waals surface area contributed by atoms with E-state index in [0.717, 1.165) is 5.56 Å². The van der Waals surface area contributed by atoms with E-state index in [4.69, 9.17) is 37.4 Å². The zero-order chi connectivity index (χ0) is 19.1. The van der Waals surface area contributed by atoms with Crippen LogP contribution in [0.5, 0.6) is 17.2 Å². The van der Waals surface area contributed by atoms with Gasteiger partial charge in [0.2, 0.25) is 11.7 Å². The number of hydrogen-bond donors (Lipinski definition) is 1. The Balaban J connectivity index is 2.07. The first-order chi connectivity index (χ1) is 12.5. The van der Waals surface area contributed by atoms with Crippen molar-refractivity contribution in [3.05, 3.63) is 57.6 Å². The Morgan fingerprint density at radius 1 is 1.08 bits per heavy atom. The van der Waals surface area contributed by atoms with E-state index >= 15 is 0 Å². The predicted octanol–water partition coefficient (Wildman–Crippen LogP) is 4.35. The van der Waals surface area contributed by atoms with Crippen LogP contribution in [0.4, 0.5) is 0 Å². The second-order valence-corrected chi connectivity index (χ2v) is 6.01. The van der Waals surface area contributed by atoms with Crippen molar-refractivity contribution in [2.75, 3.05) is 21.3 Å². The molecule has 0 atom stereocenters. The van der Waals surface area contributed by atoms with E-state index in [1.807, 2.05) is 0 Å². The number of hydrogen-bond acceptors (Lipinski definition) is 4. The highest BCUT2D eigenvalue weighted by molar-refractivity contribution is 6.42. The second kappa shape index (κ2) is 9.36. The number of nitrogens with one attached hydrogen (secondary N) is 1. The van der Waals surface area contributed by atoms with Gasteiger partial charge in [0.15, 0.2) is 11.5 Å². The summed E-state index contributed by atoms with van der Waals surface area (Å²) in [4.78, 5) is 12.1. The van der Waals surface area contributed by atoms with Crippen LogP contribution in [0.15, 0.2) is 36.4 Å². The first-order valence-electron chi connectivity index (χ1n) is 7.69. The summed E-state index contributed by atoms with van der Waals surface area (Å²) in [7, 11) is 4.61. The summed E-state index contributed by atoms with van der Waals surface area (Å²) in [6, 6.07) is 8.78. The molecule has 0 spiro atoms. The number of rotatable bonds is 7. The maximum Gasteiger partial charge on any atom is 0.244 e. The molecule has 0 unspecified atom stereocenters. The highest BCUT2D eigenvalue weighted by Gasteiger charge is 2.13. The summed E-state index contributed by atoms with van der Waals surface area (Å²) < 4.78 is 15.9. The number of methoxy groups -OCH3 is 3. The van der Waals surface area contributed by atoms with Crippen molar-refractivity contribution < 1.29 is 19.0 Å².